The SMILES string of the molecule is COCC1(OC(=O)NC(C)(C)C)CCOCC1. The maximum absolute atomic E-state index is 11.8. The van der Waals surface area contributed by atoms with Crippen molar-refractivity contribution in [1.82, 2.24) is 5.32 Å². The van der Waals surface area contributed by atoms with E-state index in [2.05, 4.69) is 5.32 Å². The summed E-state index contributed by atoms with van der Waals surface area (Å²) in [7, 11) is 1.61. The first-order chi connectivity index (χ1) is 7.87. The van der Waals surface area contributed by atoms with Gasteiger partial charge < -0.3 is 19.5 Å². The monoisotopic (exact) mass is 245 g/mol. The molecule has 0 aliphatic carbocycles. The molecule has 0 atom stereocenters. The Bertz CT molecular complexity index is 248. The van der Waals surface area contributed by atoms with E-state index in [4.69, 9.17) is 14.2 Å². The molecule has 0 bridgehead atoms. The molecular formula is C12H23NO4. The van der Waals surface area contributed by atoms with Gasteiger partial charge in [0.1, 0.15) is 5.60 Å². The molecule has 5 nitrogen and oxygen atoms in total. The summed E-state index contributed by atoms with van der Waals surface area (Å²) in [5, 5.41) is 2.79. The van der Waals surface area contributed by atoms with Gasteiger partial charge in [0.25, 0.3) is 0 Å². The Labute approximate surface area is 103 Å². The van der Waals surface area contributed by atoms with Crippen LogP contribution in [0.25, 0.3) is 0 Å². The molecule has 1 N–H and O–H groups in total. The molecule has 1 aliphatic heterocycles. The van der Waals surface area contributed by atoms with E-state index in [-0.39, 0.29) is 5.54 Å². The smallest absolute Gasteiger partial charge is 0.408 e. The summed E-state index contributed by atoms with van der Waals surface area (Å²) >= 11 is 0. The number of methoxy groups -OCH3 is 1. The fraction of sp³-hybridized carbons (Fsp3) is 0.917. The molecular weight excluding hydrogens is 222 g/mol. The number of rotatable bonds is 3. The van der Waals surface area contributed by atoms with Crippen LogP contribution >= 0.6 is 0 Å². The third-order valence-electron chi connectivity index (χ3n) is 2.60. The van der Waals surface area contributed by atoms with Gasteiger partial charge in [-0.1, -0.05) is 0 Å². The minimum absolute atomic E-state index is 0.295. The van der Waals surface area contributed by atoms with Gasteiger partial charge in [-0.05, 0) is 20.8 Å². The van der Waals surface area contributed by atoms with Crippen LogP contribution in [-0.2, 0) is 14.2 Å². The highest BCUT2D eigenvalue weighted by molar-refractivity contribution is 5.68. The van der Waals surface area contributed by atoms with Gasteiger partial charge in [0.05, 0.1) is 19.8 Å². The minimum atomic E-state index is -0.539. The topological polar surface area (TPSA) is 56.8 Å². The lowest BCUT2D eigenvalue weighted by Gasteiger charge is -2.36. The van der Waals surface area contributed by atoms with Crippen molar-refractivity contribution in [3.05, 3.63) is 0 Å². The standard InChI is InChI=1S/C12H23NO4/c1-11(2,3)13-10(14)17-12(9-15-4)5-7-16-8-6-12/h5-9H2,1-4H3,(H,13,14). The summed E-state index contributed by atoms with van der Waals surface area (Å²) in [5.41, 5.74) is -0.834. The molecule has 0 unspecified atom stereocenters. The van der Waals surface area contributed by atoms with E-state index in [9.17, 15) is 4.79 Å². The fourth-order valence-electron chi connectivity index (χ4n) is 1.81. The van der Waals surface area contributed by atoms with Gasteiger partial charge in [0.2, 0.25) is 0 Å². The first-order valence-corrected chi connectivity index (χ1v) is 5.95. The van der Waals surface area contributed by atoms with Crippen molar-refractivity contribution in [3.8, 4) is 0 Å². The van der Waals surface area contributed by atoms with Gasteiger partial charge in [-0.3, -0.25) is 0 Å². The average molecular weight is 245 g/mol. The number of nitrogens with one attached hydrogen (secondary N) is 1. The quantitative estimate of drug-likeness (QED) is 0.822. The molecule has 1 heterocycles. The number of ether oxygens (including phenoxy) is 3. The van der Waals surface area contributed by atoms with Crippen LogP contribution in [-0.4, -0.2) is 44.2 Å². The third-order valence-corrected chi connectivity index (χ3v) is 2.60. The number of alkyl carbamates (subject to hydrolysis) is 1. The number of amides is 1. The Morgan fingerprint density at radius 3 is 2.41 bits per heavy atom. The van der Waals surface area contributed by atoms with Crippen molar-refractivity contribution in [2.45, 2.75) is 44.8 Å². The molecule has 1 rings (SSSR count). The van der Waals surface area contributed by atoms with Crippen molar-refractivity contribution in [2.24, 2.45) is 0 Å². The molecule has 17 heavy (non-hydrogen) atoms. The van der Waals surface area contributed by atoms with Crippen LogP contribution in [0.2, 0.25) is 0 Å². The second kappa shape index (κ2) is 5.69. The molecule has 0 aromatic rings. The number of hydrogen-bond acceptors (Lipinski definition) is 4. The molecule has 5 heteroatoms. The second-order valence-electron chi connectivity index (χ2n) is 5.49. The molecule has 0 spiro atoms. The van der Waals surface area contributed by atoms with Crippen LogP contribution in [0.5, 0.6) is 0 Å². The first-order valence-electron chi connectivity index (χ1n) is 5.95. The summed E-state index contributed by atoms with van der Waals surface area (Å²) in [6.45, 7) is 7.37. The number of hydrogen-bond donors (Lipinski definition) is 1. The molecule has 100 valence electrons. The summed E-state index contributed by atoms with van der Waals surface area (Å²) < 4.78 is 16.0. The number of carbonyl (C=O) groups is 1. The van der Waals surface area contributed by atoms with Gasteiger partial charge >= 0.3 is 6.09 Å². The molecule has 0 aromatic heterocycles. The Kier molecular flexibility index (Phi) is 4.77. The Balaban J connectivity index is 2.57. The fourth-order valence-corrected chi connectivity index (χ4v) is 1.81. The van der Waals surface area contributed by atoms with E-state index in [0.717, 1.165) is 0 Å². The lowest BCUT2D eigenvalue weighted by atomic mass is 9.95. The largest absolute Gasteiger partial charge is 0.440 e. The molecule has 1 aliphatic rings. The molecule has 1 saturated heterocycles. The molecule has 0 aromatic carbocycles. The van der Waals surface area contributed by atoms with E-state index in [1.807, 2.05) is 20.8 Å². The zero-order chi connectivity index (χ0) is 12.9. The van der Waals surface area contributed by atoms with Crippen molar-refractivity contribution in [3.63, 3.8) is 0 Å². The maximum Gasteiger partial charge on any atom is 0.408 e. The third kappa shape index (κ3) is 4.91. The highest BCUT2D eigenvalue weighted by Gasteiger charge is 2.37. The minimum Gasteiger partial charge on any atom is -0.440 e. The van der Waals surface area contributed by atoms with Crippen molar-refractivity contribution >= 4 is 6.09 Å². The molecule has 1 amide bonds. The van der Waals surface area contributed by atoms with Gasteiger partial charge in [0, 0.05) is 25.5 Å². The predicted molar refractivity (Wildman–Crippen MR) is 64.0 cm³/mol. The Morgan fingerprint density at radius 1 is 1.35 bits per heavy atom. The summed E-state index contributed by atoms with van der Waals surface area (Å²) in [6.07, 6.45) is 0.966. The zero-order valence-electron chi connectivity index (χ0n) is 11.2. The van der Waals surface area contributed by atoms with Crippen molar-refractivity contribution < 1.29 is 19.0 Å². The van der Waals surface area contributed by atoms with E-state index < -0.39 is 11.7 Å². The van der Waals surface area contributed by atoms with Gasteiger partial charge in [-0.2, -0.15) is 0 Å². The average Bonchev–Trinajstić information content (AvgIpc) is 2.15. The van der Waals surface area contributed by atoms with Crippen LogP contribution < -0.4 is 5.32 Å². The van der Waals surface area contributed by atoms with Crippen LogP contribution in [0.4, 0.5) is 4.79 Å². The molecule has 0 radical (unpaired) electrons. The van der Waals surface area contributed by atoms with E-state index >= 15 is 0 Å². The highest BCUT2D eigenvalue weighted by atomic mass is 16.6. The lowest BCUT2D eigenvalue weighted by Crippen LogP contribution is -2.50. The first kappa shape index (κ1) is 14.3. The van der Waals surface area contributed by atoms with Crippen LogP contribution in [0.15, 0.2) is 0 Å². The maximum atomic E-state index is 11.8. The van der Waals surface area contributed by atoms with E-state index in [0.29, 0.717) is 32.7 Å². The van der Waals surface area contributed by atoms with Crippen LogP contribution in [0.1, 0.15) is 33.6 Å². The van der Waals surface area contributed by atoms with Gasteiger partial charge in [0.15, 0.2) is 0 Å². The van der Waals surface area contributed by atoms with Crippen LogP contribution in [0.3, 0.4) is 0 Å². The van der Waals surface area contributed by atoms with E-state index in [1.165, 1.54) is 0 Å². The lowest BCUT2D eigenvalue weighted by molar-refractivity contribution is -0.105. The van der Waals surface area contributed by atoms with Gasteiger partial charge in [-0.25, -0.2) is 4.79 Å². The van der Waals surface area contributed by atoms with Crippen LogP contribution in [0, 0.1) is 0 Å². The summed E-state index contributed by atoms with van der Waals surface area (Å²) in [4.78, 5) is 11.8. The van der Waals surface area contributed by atoms with Crippen molar-refractivity contribution in [2.75, 3.05) is 26.9 Å². The number of carbonyl (C=O) groups excluding carboxylic acids is 1. The second-order valence-corrected chi connectivity index (χ2v) is 5.49. The Hall–Kier alpha value is -0.810. The Morgan fingerprint density at radius 2 is 1.94 bits per heavy atom. The summed E-state index contributed by atoms with van der Waals surface area (Å²) in [5.74, 6) is 0. The van der Waals surface area contributed by atoms with Gasteiger partial charge in [-0.15, -0.1) is 0 Å². The zero-order valence-corrected chi connectivity index (χ0v) is 11.2. The highest BCUT2D eigenvalue weighted by Crippen LogP contribution is 2.25. The van der Waals surface area contributed by atoms with E-state index in [1.54, 1.807) is 7.11 Å². The van der Waals surface area contributed by atoms with Crippen molar-refractivity contribution in [1.29, 1.82) is 0 Å². The molecule has 0 saturated carbocycles. The molecule has 1 fully saturated rings. The normalized spacial score (nSPS) is 19.8. The predicted octanol–water partition coefficient (Wildman–Crippen LogP) is 1.71. The summed E-state index contributed by atoms with van der Waals surface area (Å²) in [6, 6.07) is 0.